The fourth-order valence-corrected chi connectivity index (χ4v) is 1.71. The summed E-state index contributed by atoms with van der Waals surface area (Å²) in [5.74, 6) is -0.984. The Morgan fingerprint density at radius 3 is 2.57 bits per heavy atom. The van der Waals surface area contributed by atoms with Crippen LogP contribution in [0, 0.1) is 0 Å². The van der Waals surface area contributed by atoms with Gasteiger partial charge in [0, 0.05) is 16.9 Å². The van der Waals surface area contributed by atoms with Gasteiger partial charge in [-0.15, -0.1) is 0 Å². The Morgan fingerprint density at radius 1 is 1.50 bits per heavy atom. The Labute approximate surface area is 90.4 Å². The van der Waals surface area contributed by atoms with Crippen molar-refractivity contribution in [3.8, 4) is 0 Å². The molecule has 0 bridgehead atoms. The summed E-state index contributed by atoms with van der Waals surface area (Å²) in [6.45, 7) is 0. The zero-order valence-corrected chi connectivity index (χ0v) is 9.80. The van der Waals surface area contributed by atoms with Gasteiger partial charge in [-0.3, -0.25) is 9.78 Å². The van der Waals surface area contributed by atoms with Crippen LogP contribution in [0.15, 0.2) is 22.8 Å². The number of sulfone groups is 1. The first-order valence-electron chi connectivity index (χ1n) is 3.71. The third-order valence-electron chi connectivity index (χ3n) is 1.41. The molecular weight excluding hydrogens is 270 g/mol. The number of nitrogens with zero attached hydrogens (tertiary/aromatic N) is 1. The van der Waals surface area contributed by atoms with Gasteiger partial charge >= 0.3 is 0 Å². The Hall–Kier alpha value is -0.750. The van der Waals surface area contributed by atoms with Gasteiger partial charge in [0.05, 0.1) is 0 Å². The molecule has 1 aromatic rings. The number of halogens is 1. The first-order chi connectivity index (χ1) is 6.38. The number of aromatic nitrogens is 1. The van der Waals surface area contributed by atoms with Crippen LogP contribution in [0.4, 0.5) is 0 Å². The smallest absolute Gasteiger partial charge is 0.196 e. The van der Waals surface area contributed by atoms with Crippen molar-refractivity contribution in [1.29, 1.82) is 0 Å². The molecule has 0 spiro atoms. The van der Waals surface area contributed by atoms with Gasteiger partial charge < -0.3 is 0 Å². The molecule has 0 aliphatic carbocycles. The zero-order chi connectivity index (χ0) is 10.8. The van der Waals surface area contributed by atoms with Crippen LogP contribution < -0.4 is 0 Å². The van der Waals surface area contributed by atoms with Gasteiger partial charge in [-0.2, -0.15) is 0 Å². The average molecular weight is 278 g/mol. The molecular formula is C8H8BrNO3S. The molecule has 1 aromatic heterocycles. The van der Waals surface area contributed by atoms with Crippen LogP contribution in [0.1, 0.15) is 10.5 Å². The van der Waals surface area contributed by atoms with Gasteiger partial charge in [-0.05, 0) is 28.1 Å². The first-order valence-corrected chi connectivity index (χ1v) is 6.56. The van der Waals surface area contributed by atoms with Crippen LogP contribution in [0.3, 0.4) is 0 Å². The van der Waals surface area contributed by atoms with Gasteiger partial charge in [-0.25, -0.2) is 8.42 Å². The fraction of sp³-hybridized carbons (Fsp3) is 0.250. The predicted octanol–water partition coefficient (Wildman–Crippen LogP) is 1.07. The van der Waals surface area contributed by atoms with Crippen molar-refractivity contribution in [2.75, 3.05) is 12.0 Å². The molecule has 0 saturated carbocycles. The lowest BCUT2D eigenvalue weighted by Gasteiger charge is -1.98. The molecule has 0 aliphatic rings. The number of ketones is 1. The minimum Gasteiger partial charge on any atom is -0.291 e. The van der Waals surface area contributed by atoms with Crippen molar-refractivity contribution in [2.45, 2.75) is 0 Å². The Balaban J connectivity index is 2.86. The largest absolute Gasteiger partial charge is 0.291 e. The zero-order valence-electron chi connectivity index (χ0n) is 7.40. The summed E-state index contributed by atoms with van der Waals surface area (Å²) in [5.41, 5.74) is 0.165. The van der Waals surface area contributed by atoms with Crippen molar-refractivity contribution >= 4 is 31.6 Å². The second-order valence-electron chi connectivity index (χ2n) is 2.85. The van der Waals surface area contributed by atoms with Crippen LogP contribution >= 0.6 is 15.9 Å². The first kappa shape index (κ1) is 11.3. The third-order valence-corrected chi connectivity index (χ3v) is 2.66. The van der Waals surface area contributed by atoms with Crippen molar-refractivity contribution in [1.82, 2.24) is 4.98 Å². The molecule has 76 valence electrons. The molecule has 0 unspecified atom stereocenters. The maximum absolute atomic E-state index is 11.3. The highest BCUT2D eigenvalue weighted by Crippen LogP contribution is 2.08. The van der Waals surface area contributed by atoms with E-state index >= 15 is 0 Å². The number of hydrogen-bond acceptors (Lipinski definition) is 4. The highest BCUT2D eigenvalue weighted by molar-refractivity contribution is 9.10. The number of carbonyl (C=O) groups is 1. The Kier molecular flexibility index (Phi) is 3.38. The normalized spacial score (nSPS) is 11.3. The van der Waals surface area contributed by atoms with Crippen molar-refractivity contribution in [2.24, 2.45) is 0 Å². The Bertz CT molecular complexity index is 438. The summed E-state index contributed by atoms with van der Waals surface area (Å²) >= 11 is 3.16. The van der Waals surface area contributed by atoms with Crippen LogP contribution in [0.5, 0.6) is 0 Å². The molecule has 4 nitrogen and oxygen atoms in total. The molecule has 0 N–H and O–H groups in total. The molecule has 0 saturated heterocycles. The van der Waals surface area contributed by atoms with E-state index in [0.29, 0.717) is 0 Å². The quantitative estimate of drug-likeness (QED) is 0.776. The van der Waals surface area contributed by atoms with E-state index in [2.05, 4.69) is 20.9 Å². The lowest BCUT2D eigenvalue weighted by atomic mass is 10.3. The van der Waals surface area contributed by atoms with E-state index in [9.17, 15) is 13.2 Å². The van der Waals surface area contributed by atoms with E-state index in [1.807, 2.05) is 0 Å². The molecule has 0 atom stereocenters. The lowest BCUT2D eigenvalue weighted by molar-refractivity contribution is 0.101. The summed E-state index contributed by atoms with van der Waals surface area (Å²) in [5, 5.41) is 0. The minimum absolute atomic E-state index is 0.165. The van der Waals surface area contributed by atoms with Gasteiger partial charge in [0.15, 0.2) is 15.6 Å². The summed E-state index contributed by atoms with van der Waals surface area (Å²) in [6, 6.07) is 3.13. The highest BCUT2D eigenvalue weighted by Gasteiger charge is 2.13. The summed E-state index contributed by atoms with van der Waals surface area (Å²) in [7, 11) is -3.28. The summed E-state index contributed by atoms with van der Waals surface area (Å²) < 4.78 is 22.4. The van der Waals surface area contributed by atoms with E-state index < -0.39 is 21.4 Å². The van der Waals surface area contributed by atoms with Gasteiger partial charge in [0.1, 0.15) is 11.4 Å². The molecule has 0 aliphatic heterocycles. The van der Waals surface area contributed by atoms with Crippen LogP contribution in [0.25, 0.3) is 0 Å². The third kappa shape index (κ3) is 3.55. The second-order valence-corrected chi connectivity index (χ2v) is 5.91. The maximum atomic E-state index is 11.3. The topological polar surface area (TPSA) is 64.1 Å². The monoisotopic (exact) mass is 277 g/mol. The number of pyridine rings is 1. The molecule has 0 aromatic carbocycles. The molecule has 1 heterocycles. The maximum Gasteiger partial charge on any atom is 0.196 e. The van der Waals surface area contributed by atoms with E-state index in [4.69, 9.17) is 0 Å². The lowest BCUT2D eigenvalue weighted by Crippen LogP contribution is -2.15. The predicted molar refractivity (Wildman–Crippen MR) is 56.0 cm³/mol. The van der Waals surface area contributed by atoms with E-state index in [1.165, 1.54) is 12.3 Å². The van der Waals surface area contributed by atoms with E-state index in [0.717, 1.165) is 10.7 Å². The van der Waals surface area contributed by atoms with Crippen molar-refractivity contribution in [3.05, 3.63) is 28.5 Å². The van der Waals surface area contributed by atoms with Crippen molar-refractivity contribution < 1.29 is 13.2 Å². The second kappa shape index (κ2) is 4.18. The van der Waals surface area contributed by atoms with Gasteiger partial charge in [-0.1, -0.05) is 0 Å². The number of Topliss-reactive ketones (excluding diaryl/α,β-unsaturated/α-hetero) is 1. The standard InChI is InChI=1S/C8H8BrNO3S/c1-14(12,13)5-8(11)7-3-2-6(9)4-10-7/h2-4H,5H2,1H3. The van der Waals surface area contributed by atoms with Crippen molar-refractivity contribution in [3.63, 3.8) is 0 Å². The molecule has 0 radical (unpaired) electrons. The number of rotatable bonds is 3. The summed E-state index contributed by atoms with van der Waals surface area (Å²) in [6.07, 6.45) is 2.47. The van der Waals surface area contributed by atoms with Gasteiger partial charge in [0.2, 0.25) is 0 Å². The van der Waals surface area contributed by atoms with Crippen LogP contribution in [-0.2, 0) is 9.84 Å². The number of carbonyl (C=O) groups excluding carboxylic acids is 1. The molecule has 1 rings (SSSR count). The highest BCUT2D eigenvalue weighted by atomic mass is 79.9. The summed E-state index contributed by atoms with van der Waals surface area (Å²) in [4.78, 5) is 15.1. The van der Waals surface area contributed by atoms with Gasteiger partial charge in [0.25, 0.3) is 0 Å². The average Bonchev–Trinajstić information content (AvgIpc) is 2.02. The van der Waals surface area contributed by atoms with Crippen LogP contribution in [-0.4, -0.2) is 31.2 Å². The van der Waals surface area contributed by atoms with Crippen LogP contribution in [0.2, 0.25) is 0 Å². The molecule has 14 heavy (non-hydrogen) atoms. The molecule has 0 fully saturated rings. The molecule has 6 heteroatoms. The molecule has 0 amide bonds. The van der Waals surface area contributed by atoms with E-state index in [-0.39, 0.29) is 5.69 Å². The van der Waals surface area contributed by atoms with E-state index in [1.54, 1.807) is 6.07 Å². The number of hydrogen-bond donors (Lipinski definition) is 0. The SMILES string of the molecule is CS(=O)(=O)CC(=O)c1ccc(Br)cn1. The fourth-order valence-electron chi connectivity index (χ4n) is 0.853. The Morgan fingerprint density at radius 2 is 2.14 bits per heavy atom. The minimum atomic E-state index is -3.28.